The Kier molecular flexibility index (Phi) is 13.6. The first-order chi connectivity index (χ1) is 14.1. The first-order valence-electron chi connectivity index (χ1n) is 8.84. The van der Waals surface area contributed by atoms with Gasteiger partial charge < -0.3 is 43.4 Å². The summed E-state index contributed by atoms with van der Waals surface area (Å²) in [5.74, 6) is -3.83. The van der Waals surface area contributed by atoms with Gasteiger partial charge in [-0.05, 0) is 12.8 Å². The van der Waals surface area contributed by atoms with Crippen LogP contribution in [0, 0.1) is 0 Å². The van der Waals surface area contributed by atoms with Crippen molar-refractivity contribution in [2.45, 2.75) is 37.0 Å². The summed E-state index contributed by atoms with van der Waals surface area (Å²) in [5.41, 5.74) is 16.0. The summed E-state index contributed by atoms with van der Waals surface area (Å²) in [7, 11) is 0. The number of rotatable bonds is 14. The Morgan fingerprint density at radius 1 is 0.900 bits per heavy atom. The van der Waals surface area contributed by atoms with Gasteiger partial charge in [0.05, 0.1) is 12.6 Å². The van der Waals surface area contributed by atoms with Crippen LogP contribution in [-0.2, 0) is 19.2 Å². The van der Waals surface area contributed by atoms with Crippen molar-refractivity contribution in [2.75, 3.05) is 24.7 Å². The molecule has 0 fully saturated rings. The van der Waals surface area contributed by atoms with E-state index >= 15 is 0 Å². The van der Waals surface area contributed by atoms with Gasteiger partial charge in [-0.2, -0.15) is 25.3 Å². The maximum atomic E-state index is 12.5. The summed E-state index contributed by atoms with van der Waals surface area (Å²) in [4.78, 5) is 51.6. The second-order valence-electron chi connectivity index (χ2n) is 6.12. The molecule has 0 aliphatic heterocycles. The molecule has 0 heterocycles. The lowest BCUT2D eigenvalue weighted by Crippen LogP contribution is -2.58. The molecule has 0 aromatic rings. The van der Waals surface area contributed by atoms with E-state index < -0.39 is 54.5 Å². The van der Waals surface area contributed by atoms with Crippen LogP contribution in [0.2, 0.25) is 0 Å². The van der Waals surface area contributed by atoms with Crippen LogP contribution >= 0.6 is 25.3 Å². The van der Waals surface area contributed by atoms with Crippen molar-refractivity contribution >= 4 is 54.9 Å². The molecule has 0 aliphatic carbocycles. The Morgan fingerprint density at radius 3 is 1.90 bits per heavy atom. The predicted molar refractivity (Wildman–Crippen MR) is 116 cm³/mol. The number of aliphatic imine (C=N–C) groups is 1. The third kappa shape index (κ3) is 10.5. The number of nitrogens with one attached hydrogen (secondary N) is 3. The van der Waals surface area contributed by atoms with Crippen molar-refractivity contribution in [3.8, 4) is 0 Å². The molecular weight excluding hydrogens is 438 g/mol. The number of aliphatic hydroxyl groups is 1. The van der Waals surface area contributed by atoms with Gasteiger partial charge in [-0.1, -0.05) is 0 Å². The molecule has 172 valence electrons. The summed E-state index contributed by atoms with van der Waals surface area (Å²) in [5, 5.41) is 25.0. The van der Waals surface area contributed by atoms with Gasteiger partial charge in [0.2, 0.25) is 17.7 Å². The summed E-state index contributed by atoms with van der Waals surface area (Å²) in [6.07, 6.45) is 0.324. The normalized spacial score (nSPS) is 14.5. The average Bonchev–Trinajstić information content (AvgIpc) is 2.70. The fourth-order valence-corrected chi connectivity index (χ4v) is 2.48. The molecule has 0 radical (unpaired) electrons. The Morgan fingerprint density at radius 2 is 1.43 bits per heavy atom. The van der Waals surface area contributed by atoms with E-state index in [0.717, 1.165) is 0 Å². The third-order valence-electron chi connectivity index (χ3n) is 3.72. The molecule has 0 spiro atoms. The molecule has 11 N–H and O–H groups in total. The van der Waals surface area contributed by atoms with E-state index in [0.29, 0.717) is 0 Å². The van der Waals surface area contributed by atoms with Crippen molar-refractivity contribution < 1.29 is 29.4 Å². The molecule has 0 aromatic carbocycles. The van der Waals surface area contributed by atoms with E-state index in [4.69, 9.17) is 27.4 Å². The minimum Gasteiger partial charge on any atom is -0.480 e. The van der Waals surface area contributed by atoms with Crippen molar-refractivity contribution in [2.24, 2.45) is 22.2 Å². The quantitative estimate of drug-likeness (QED) is 0.0514. The van der Waals surface area contributed by atoms with Gasteiger partial charge in [0.15, 0.2) is 5.96 Å². The smallest absolute Gasteiger partial charge is 0.328 e. The number of guanidine groups is 1. The number of aliphatic carboxylic acids is 1. The number of carboxylic acid groups (broad SMARTS) is 1. The molecule has 30 heavy (non-hydrogen) atoms. The maximum Gasteiger partial charge on any atom is 0.328 e. The number of carbonyl (C=O) groups is 4. The molecule has 3 amide bonds. The molecule has 13 nitrogen and oxygen atoms in total. The summed E-state index contributed by atoms with van der Waals surface area (Å²) in [6, 6.07) is -4.78. The fraction of sp³-hybridized carbons (Fsp3) is 0.667. The summed E-state index contributed by atoms with van der Waals surface area (Å²) >= 11 is 7.92. The van der Waals surface area contributed by atoms with Crippen molar-refractivity contribution in [3.63, 3.8) is 0 Å². The highest BCUT2D eigenvalue weighted by Gasteiger charge is 2.29. The number of nitrogens with two attached hydrogens (primary N) is 3. The molecule has 0 aliphatic rings. The lowest BCUT2D eigenvalue weighted by atomic mass is 10.1. The lowest BCUT2D eigenvalue weighted by Gasteiger charge is -2.24. The van der Waals surface area contributed by atoms with Gasteiger partial charge in [0.1, 0.15) is 18.1 Å². The Bertz CT molecular complexity index is 633. The second kappa shape index (κ2) is 14.7. The van der Waals surface area contributed by atoms with Gasteiger partial charge in [-0.3, -0.25) is 19.4 Å². The molecule has 4 unspecified atom stereocenters. The number of aliphatic hydroxyl groups excluding tert-OH is 1. The predicted octanol–water partition coefficient (Wildman–Crippen LogP) is -4.24. The summed E-state index contributed by atoms with van der Waals surface area (Å²) < 4.78 is 0. The largest absolute Gasteiger partial charge is 0.480 e. The van der Waals surface area contributed by atoms with Gasteiger partial charge >= 0.3 is 5.97 Å². The lowest BCUT2D eigenvalue weighted by molar-refractivity contribution is -0.143. The Balaban J connectivity index is 5.24. The number of thiol groups is 2. The zero-order valence-corrected chi connectivity index (χ0v) is 17.9. The first kappa shape index (κ1) is 27.8. The molecule has 0 bridgehead atoms. The fourth-order valence-electron chi connectivity index (χ4n) is 2.06. The Hall–Kier alpha value is -2.23. The molecular formula is C15H29N7O6S2. The maximum absolute atomic E-state index is 12.5. The van der Waals surface area contributed by atoms with Gasteiger partial charge in [-0.15, -0.1) is 0 Å². The number of nitrogens with zero attached hydrogens (tertiary/aromatic N) is 1. The third-order valence-corrected chi connectivity index (χ3v) is 4.48. The van der Waals surface area contributed by atoms with E-state index in [1.54, 1.807) is 0 Å². The highest BCUT2D eigenvalue weighted by atomic mass is 32.1. The van der Waals surface area contributed by atoms with E-state index in [2.05, 4.69) is 46.2 Å². The minimum absolute atomic E-state index is 0.0511. The zero-order valence-electron chi connectivity index (χ0n) is 16.2. The zero-order chi connectivity index (χ0) is 23.3. The SMILES string of the molecule is NC(N)=NCCCC(NC(=O)C(CS)NC(=O)C(N)CS)C(=O)NC(CO)C(=O)O. The van der Waals surface area contributed by atoms with Crippen LogP contribution in [0.25, 0.3) is 0 Å². The second-order valence-corrected chi connectivity index (χ2v) is 6.86. The van der Waals surface area contributed by atoms with E-state index in [1.165, 1.54) is 0 Å². The number of hydrogen-bond donors (Lipinski definition) is 10. The van der Waals surface area contributed by atoms with Crippen molar-refractivity contribution in [1.29, 1.82) is 0 Å². The van der Waals surface area contributed by atoms with Crippen LogP contribution < -0.4 is 33.2 Å². The number of carboxylic acids is 1. The van der Waals surface area contributed by atoms with Crippen LogP contribution in [0.4, 0.5) is 0 Å². The van der Waals surface area contributed by atoms with Crippen LogP contribution in [0.15, 0.2) is 4.99 Å². The molecule has 0 rings (SSSR count). The van der Waals surface area contributed by atoms with Gasteiger partial charge in [-0.25, -0.2) is 4.79 Å². The summed E-state index contributed by atoms with van der Waals surface area (Å²) in [6.45, 7) is -0.680. The topological polar surface area (TPSA) is 235 Å². The monoisotopic (exact) mass is 467 g/mol. The highest BCUT2D eigenvalue weighted by molar-refractivity contribution is 7.80. The van der Waals surface area contributed by atoms with Gasteiger partial charge in [0, 0.05) is 18.1 Å². The van der Waals surface area contributed by atoms with Crippen LogP contribution in [-0.4, -0.2) is 88.7 Å². The standard InChI is InChI=1S/C15H29N7O6S2/c16-7(5-29)11(24)22-10(6-30)13(26)20-8(2-1-3-19-15(17)18)12(25)21-9(4-23)14(27)28/h7-10,23,29-30H,1-6,16H2,(H,20,26)(H,21,25)(H,22,24)(H,27,28)(H4,17,18,19). The van der Waals surface area contributed by atoms with Crippen LogP contribution in [0.3, 0.4) is 0 Å². The van der Waals surface area contributed by atoms with Crippen LogP contribution in [0.5, 0.6) is 0 Å². The number of carbonyl (C=O) groups excluding carboxylic acids is 3. The van der Waals surface area contributed by atoms with E-state index in [-0.39, 0.29) is 36.9 Å². The number of hydrogen-bond acceptors (Lipinski definition) is 9. The van der Waals surface area contributed by atoms with E-state index in [9.17, 15) is 19.2 Å². The van der Waals surface area contributed by atoms with Gasteiger partial charge in [0.25, 0.3) is 0 Å². The van der Waals surface area contributed by atoms with E-state index in [1.807, 2.05) is 0 Å². The minimum atomic E-state index is -1.55. The molecule has 15 heteroatoms. The van der Waals surface area contributed by atoms with Crippen LogP contribution in [0.1, 0.15) is 12.8 Å². The Labute approximate surface area is 184 Å². The molecule has 0 saturated heterocycles. The highest BCUT2D eigenvalue weighted by Crippen LogP contribution is 2.02. The average molecular weight is 468 g/mol. The molecule has 4 atom stereocenters. The van der Waals surface area contributed by atoms with Crippen molar-refractivity contribution in [3.05, 3.63) is 0 Å². The molecule has 0 aromatic heterocycles. The van der Waals surface area contributed by atoms with Crippen molar-refractivity contribution in [1.82, 2.24) is 16.0 Å². The number of amides is 3. The first-order valence-corrected chi connectivity index (χ1v) is 10.1. The molecule has 0 saturated carbocycles.